The van der Waals surface area contributed by atoms with Gasteiger partial charge in [-0.3, -0.25) is 0 Å². The Labute approximate surface area is 138 Å². The number of imidazole rings is 1. The number of nitrogens with one attached hydrogen (secondary N) is 1. The first-order valence-electron chi connectivity index (χ1n) is 7.38. The summed E-state index contributed by atoms with van der Waals surface area (Å²) in [6.07, 6.45) is 0. The van der Waals surface area contributed by atoms with Crippen LogP contribution in [0.4, 0.5) is 5.95 Å². The molecule has 6 nitrogen and oxygen atoms in total. The van der Waals surface area contributed by atoms with Crippen LogP contribution in [-0.2, 0) is 10.0 Å². The van der Waals surface area contributed by atoms with Crippen molar-refractivity contribution in [3.8, 4) is 0 Å². The number of benzene rings is 1. The van der Waals surface area contributed by atoms with E-state index in [1.54, 1.807) is 21.8 Å². The van der Waals surface area contributed by atoms with E-state index in [2.05, 4.69) is 14.9 Å². The van der Waals surface area contributed by atoms with Gasteiger partial charge < -0.3 is 9.88 Å². The molecule has 3 aromatic rings. The molecule has 1 saturated heterocycles. The Morgan fingerprint density at radius 1 is 1.04 bits per heavy atom. The predicted molar refractivity (Wildman–Crippen MR) is 91.4 cm³/mol. The van der Waals surface area contributed by atoms with Gasteiger partial charge in [0.1, 0.15) is 4.21 Å². The monoisotopic (exact) mass is 348 g/mol. The summed E-state index contributed by atoms with van der Waals surface area (Å²) < 4.78 is 27.0. The summed E-state index contributed by atoms with van der Waals surface area (Å²) in [4.78, 5) is 9.97. The van der Waals surface area contributed by atoms with E-state index in [0.29, 0.717) is 30.4 Å². The van der Waals surface area contributed by atoms with Gasteiger partial charge in [-0.1, -0.05) is 18.2 Å². The number of thiophene rings is 1. The van der Waals surface area contributed by atoms with Gasteiger partial charge in [0.2, 0.25) is 5.95 Å². The molecule has 0 spiro atoms. The van der Waals surface area contributed by atoms with Crippen molar-refractivity contribution < 1.29 is 8.42 Å². The lowest BCUT2D eigenvalue weighted by molar-refractivity contribution is 0.384. The fourth-order valence-corrected chi connectivity index (χ4v) is 5.33. The van der Waals surface area contributed by atoms with Crippen molar-refractivity contribution >= 4 is 38.3 Å². The molecule has 8 heteroatoms. The Kier molecular flexibility index (Phi) is 3.59. The van der Waals surface area contributed by atoms with E-state index in [1.165, 1.54) is 11.3 Å². The molecule has 0 radical (unpaired) electrons. The summed E-state index contributed by atoms with van der Waals surface area (Å²) >= 11 is 1.26. The van der Waals surface area contributed by atoms with Crippen LogP contribution in [0, 0.1) is 0 Å². The smallest absolute Gasteiger partial charge is 0.252 e. The molecule has 0 bridgehead atoms. The van der Waals surface area contributed by atoms with Crippen LogP contribution < -0.4 is 4.90 Å². The van der Waals surface area contributed by atoms with E-state index < -0.39 is 10.0 Å². The van der Waals surface area contributed by atoms with Crippen LogP contribution in [0.25, 0.3) is 11.0 Å². The molecule has 2 aromatic heterocycles. The molecule has 0 amide bonds. The topological polar surface area (TPSA) is 69.3 Å². The fraction of sp³-hybridized carbons (Fsp3) is 0.267. The van der Waals surface area contributed by atoms with E-state index in [9.17, 15) is 8.42 Å². The van der Waals surface area contributed by atoms with Gasteiger partial charge >= 0.3 is 0 Å². The first-order chi connectivity index (χ1) is 11.1. The van der Waals surface area contributed by atoms with Gasteiger partial charge in [0, 0.05) is 26.2 Å². The molecule has 1 aromatic carbocycles. The highest BCUT2D eigenvalue weighted by atomic mass is 32.2. The molecule has 4 rings (SSSR count). The van der Waals surface area contributed by atoms with Crippen LogP contribution in [0.1, 0.15) is 0 Å². The quantitative estimate of drug-likeness (QED) is 0.787. The molecule has 1 fully saturated rings. The van der Waals surface area contributed by atoms with Crippen LogP contribution in [0.15, 0.2) is 46.0 Å². The number of anilines is 1. The zero-order valence-corrected chi connectivity index (χ0v) is 14.0. The van der Waals surface area contributed by atoms with Crippen LogP contribution in [0.5, 0.6) is 0 Å². The van der Waals surface area contributed by atoms with Gasteiger partial charge in [0.25, 0.3) is 10.0 Å². The average Bonchev–Trinajstić information content (AvgIpc) is 3.24. The Balaban J connectivity index is 1.51. The Bertz CT molecular complexity index is 877. The van der Waals surface area contributed by atoms with Crippen molar-refractivity contribution in [2.75, 3.05) is 31.1 Å². The number of hydrogen-bond acceptors (Lipinski definition) is 5. The number of hydrogen-bond donors (Lipinski definition) is 1. The minimum atomic E-state index is -3.35. The van der Waals surface area contributed by atoms with Crippen LogP contribution >= 0.6 is 11.3 Å². The Hall–Kier alpha value is -1.90. The largest absolute Gasteiger partial charge is 0.340 e. The maximum Gasteiger partial charge on any atom is 0.252 e. The molecule has 0 aliphatic carbocycles. The summed E-state index contributed by atoms with van der Waals surface area (Å²) in [6.45, 7) is 2.20. The zero-order chi connectivity index (χ0) is 15.9. The highest BCUT2D eigenvalue weighted by Gasteiger charge is 2.29. The standard InChI is InChI=1S/C15H16N4O2S2/c20-23(21,14-6-3-11-22-14)19-9-7-18(8-10-19)15-16-12-4-1-2-5-13(12)17-15/h1-6,11H,7-10H2,(H,16,17). The predicted octanol–water partition coefficient (Wildman–Crippen LogP) is 2.14. The molecule has 120 valence electrons. The Morgan fingerprint density at radius 2 is 1.83 bits per heavy atom. The zero-order valence-electron chi connectivity index (χ0n) is 12.3. The molecular weight excluding hydrogens is 332 g/mol. The SMILES string of the molecule is O=S(=O)(c1cccs1)N1CCN(c2nc3ccccc3[nH]2)CC1. The summed E-state index contributed by atoms with van der Waals surface area (Å²) in [5.41, 5.74) is 1.92. The summed E-state index contributed by atoms with van der Waals surface area (Å²) in [7, 11) is -3.35. The number of sulfonamides is 1. The average molecular weight is 348 g/mol. The van der Waals surface area contributed by atoms with Crippen molar-refractivity contribution in [1.29, 1.82) is 0 Å². The fourth-order valence-electron chi connectivity index (χ4n) is 2.77. The maximum atomic E-state index is 12.5. The minimum absolute atomic E-state index is 0.412. The molecule has 0 atom stereocenters. The lowest BCUT2D eigenvalue weighted by Gasteiger charge is -2.33. The van der Waals surface area contributed by atoms with E-state index in [-0.39, 0.29) is 0 Å². The second kappa shape index (κ2) is 5.63. The van der Waals surface area contributed by atoms with Gasteiger partial charge in [-0.05, 0) is 23.6 Å². The van der Waals surface area contributed by atoms with Crippen LogP contribution in [0.2, 0.25) is 0 Å². The number of aromatic nitrogens is 2. The number of aromatic amines is 1. The van der Waals surface area contributed by atoms with E-state index in [1.807, 2.05) is 24.3 Å². The van der Waals surface area contributed by atoms with Crippen LogP contribution in [-0.4, -0.2) is 48.9 Å². The van der Waals surface area contributed by atoms with Crippen molar-refractivity contribution in [3.63, 3.8) is 0 Å². The van der Waals surface area contributed by atoms with Crippen LogP contribution in [0.3, 0.4) is 0 Å². The molecule has 1 aliphatic heterocycles. The number of fused-ring (bicyclic) bond motifs is 1. The minimum Gasteiger partial charge on any atom is -0.340 e. The van der Waals surface area contributed by atoms with Crippen molar-refractivity contribution in [3.05, 3.63) is 41.8 Å². The van der Waals surface area contributed by atoms with Crippen molar-refractivity contribution in [1.82, 2.24) is 14.3 Å². The number of rotatable bonds is 3. The molecule has 0 unspecified atom stereocenters. The van der Waals surface area contributed by atoms with Gasteiger partial charge in [0.15, 0.2) is 0 Å². The van der Waals surface area contributed by atoms with Gasteiger partial charge in [-0.25, -0.2) is 13.4 Å². The number of para-hydroxylation sites is 2. The van der Waals surface area contributed by atoms with Gasteiger partial charge in [-0.2, -0.15) is 4.31 Å². The third kappa shape index (κ3) is 2.62. The second-order valence-corrected chi connectivity index (χ2v) is 8.51. The highest BCUT2D eigenvalue weighted by molar-refractivity contribution is 7.91. The second-order valence-electron chi connectivity index (χ2n) is 5.40. The molecule has 23 heavy (non-hydrogen) atoms. The normalized spacial score (nSPS) is 17.0. The third-order valence-corrected chi connectivity index (χ3v) is 7.28. The molecule has 1 aliphatic rings. The lowest BCUT2D eigenvalue weighted by atomic mass is 10.3. The Morgan fingerprint density at radius 3 is 2.52 bits per heavy atom. The molecule has 0 saturated carbocycles. The summed E-state index contributed by atoms with van der Waals surface area (Å²) in [5.74, 6) is 0.805. The first kappa shape index (κ1) is 14.7. The summed E-state index contributed by atoms with van der Waals surface area (Å²) in [6, 6.07) is 11.3. The number of nitrogens with zero attached hydrogens (tertiary/aromatic N) is 3. The van der Waals surface area contributed by atoms with Crippen molar-refractivity contribution in [2.45, 2.75) is 4.21 Å². The summed E-state index contributed by atoms with van der Waals surface area (Å²) in [5, 5.41) is 1.79. The number of H-pyrrole nitrogens is 1. The highest BCUT2D eigenvalue weighted by Crippen LogP contribution is 2.24. The van der Waals surface area contributed by atoms with E-state index in [0.717, 1.165) is 17.0 Å². The molecular formula is C15H16N4O2S2. The lowest BCUT2D eigenvalue weighted by Crippen LogP contribution is -2.48. The molecule has 3 heterocycles. The van der Waals surface area contributed by atoms with E-state index in [4.69, 9.17) is 0 Å². The van der Waals surface area contributed by atoms with Gasteiger partial charge in [0.05, 0.1) is 11.0 Å². The van der Waals surface area contributed by atoms with Crippen molar-refractivity contribution in [2.24, 2.45) is 0 Å². The number of piperazine rings is 1. The maximum absolute atomic E-state index is 12.5. The third-order valence-electron chi connectivity index (χ3n) is 4.00. The molecule has 1 N–H and O–H groups in total. The van der Waals surface area contributed by atoms with Gasteiger partial charge in [-0.15, -0.1) is 11.3 Å². The van der Waals surface area contributed by atoms with E-state index >= 15 is 0 Å². The first-order valence-corrected chi connectivity index (χ1v) is 9.70.